The van der Waals surface area contributed by atoms with E-state index in [1.54, 1.807) is 13.1 Å². The van der Waals surface area contributed by atoms with Gasteiger partial charge >= 0.3 is 0 Å². The van der Waals surface area contributed by atoms with Crippen molar-refractivity contribution in [3.05, 3.63) is 41.3 Å². The molecule has 0 bridgehead atoms. The minimum Gasteiger partial charge on any atom is -0.341 e. The van der Waals surface area contributed by atoms with Crippen molar-refractivity contribution >= 4 is 5.91 Å². The summed E-state index contributed by atoms with van der Waals surface area (Å²) < 4.78 is 5.36. The molecule has 23 heavy (non-hydrogen) atoms. The summed E-state index contributed by atoms with van der Waals surface area (Å²) in [6, 6.07) is 4.03. The highest BCUT2D eigenvalue weighted by molar-refractivity contribution is 5.74. The zero-order chi connectivity index (χ0) is 16.4. The molecule has 1 atom stereocenters. The van der Waals surface area contributed by atoms with Crippen LogP contribution in [-0.4, -0.2) is 39.0 Å². The summed E-state index contributed by atoms with van der Waals surface area (Å²) in [5.41, 5.74) is 1.61. The van der Waals surface area contributed by atoms with Crippen molar-refractivity contribution in [1.29, 1.82) is 0 Å². The lowest BCUT2D eigenvalue weighted by molar-refractivity contribution is -0.121. The average Bonchev–Trinajstić information content (AvgIpc) is 3.09. The van der Waals surface area contributed by atoms with Crippen LogP contribution in [0.25, 0.3) is 0 Å². The Morgan fingerprint density at radius 3 is 2.96 bits per heavy atom. The van der Waals surface area contributed by atoms with E-state index in [-0.39, 0.29) is 5.91 Å². The molecule has 3 heterocycles. The van der Waals surface area contributed by atoms with Gasteiger partial charge in [0.1, 0.15) is 5.54 Å². The number of aryl methyl sites for hydroxylation is 2. The predicted octanol–water partition coefficient (Wildman–Crippen LogP) is 1.32. The van der Waals surface area contributed by atoms with Crippen LogP contribution in [0.15, 0.2) is 22.9 Å². The molecule has 7 heteroatoms. The third kappa shape index (κ3) is 3.24. The summed E-state index contributed by atoms with van der Waals surface area (Å²) in [4.78, 5) is 22.6. The van der Waals surface area contributed by atoms with Crippen molar-refractivity contribution < 1.29 is 9.32 Å². The molecular formula is C16H21N5O2. The molecule has 1 unspecified atom stereocenters. The van der Waals surface area contributed by atoms with Gasteiger partial charge in [0.2, 0.25) is 5.91 Å². The van der Waals surface area contributed by atoms with Crippen molar-refractivity contribution in [2.24, 2.45) is 0 Å². The number of nitrogens with one attached hydrogen (secondary N) is 1. The molecule has 1 N–H and O–H groups in total. The standard InChI is InChI=1S/C16H21N5O2/c1-11-14(5-4-7-17-11)9-21-8-6-16(10-21,19-13(3)22)15-18-12(2)20-23-15/h4-5,7H,6,8-10H2,1-3H3,(H,19,22). The second-order valence-corrected chi connectivity index (χ2v) is 6.12. The number of rotatable bonds is 4. The normalized spacial score (nSPS) is 21.5. The first-order chi connectivity index (χ1) is 11.0. The van der Waals surface area contributed by atoms with Crippen molar-refractivity contribution in [3.63, 3.8) is 0 Å². The van der Waals surface area contributed by atoms with Gasteiger partial charge in [0, 0.05) is 38.4 Å². The van der Waals surface area contributed by atoms with Gasteiger partial charge in [-0.1, -0.05) is 11.2 Å². The van der Waals surface area contributed by atoms with E-state index in [0.29, 0.717) is 18.3 Å². The maximum atomic E-state index is 11.7. The van der Waals surface area contributed by atoms with Crippen molar-refractivity contribution in [1.82, 2.24) is 25.3 Å². The molecule has 1 aliphatic heterocycles. The van der Waals surface area contributed by atoms with Crippen LogP contribution in [-0.2, 0) is 16.9 Å². The summed E-state index contributed by atoms with van der Waals surface area (Å²) in [7, 11) is 0. The molecule has 0 radical (unpaired) electrons. The number of pyridine rings is 1. The molecule has 122 valence electrons. The second kappa shape index (κ2) is 6.08. The number of aromatic nitrogens is 3. The number of likely N-dealkylation sites (tertiary alicyclic amines) is 1. The van der Waals surface area contributed by atoms with Crippen LogP contribution in [0.5, 0.6) is 0 Å². The molecule has 1 saturated heterocycles. The van der Waals surface area contributed by atoms with Crippen molar-refractivity contribution in [2.75, 3.05) is 13.1 Å². The smallest absolute Gasteiger partial charge is 0.253 e. The number of carbonyl (C=O) groups is 1. The third-order valence-corrected chi connectivity index (χ3v) is 4.21. The van der Waals surface area contributed by atoms with Crippen LogP contribution >= 0.6 is 0 Å². The van der Waals surface area contributed by atoms with E-state index in [1.165, 1.54) is 12.5 Å². The Hall–Kier alpha value is -2.28. The van der Waals surface area contributed by atoms with Crippen LogP contribution in [0, 0.1) is 13.8 Å². The largest absolute Gasteiger partial charge is 0.341 e. The Bertz CT molecular complexity index is 714. The second-order valence-electron chi connectivity index (χ2n) is 6.12. The number of amides is 1. The summed E-state index contributed by atoms with van der Waals surface area (Å²) in [6.45, 7) is 7.57. The van der Waals surface area contributed by atoms with Crippen LogP contribution in [0.3, 0.4) is 0 Å². The molecule has 0 saturated carbocycles. The van der Waals surface area contributed by atoms with E-state index < -0.39 is 5.54 Å². The summed E-state index contributed by atoms with van der Waals surface area (Å²) in [5.74, 6) is 0.960. The first kappa shape index (κ1) is 15.6. The van der Waals surface area contributed by atoms with Gasteiger partial charge in [0.15, 0.2) is 5.82 Å². The molecular weight excluding hydrogens is 294 g/mol. The summed E-state index contributed by atoms with van der Waals surface area (Å²) in [5, 5.41) is 6.89. The van der Waals surface area contributed by atoms with E-state index in [2.05, 4.69) is 31.4 Å². The molecule has 0 aromatic carbocycles. The van der Waals surface area contributed by atoms with Gasteiger partial charge in [-0.05, 0) is 31.9 Å². The fourth-order valence-corrected chi connectivity index (χ4v) is 3.11. The fourth-order valence-electron chi connectivity index (χ4n) is 3.11. The van der Waals surface area contributed by atoms with Gasteiger partial charge in [0.05, 0.1) is 0 Å². The Morgan fingerprint density at radius 2 is 2.30 bits per heavy atom. The fraction of sp³-hybridized carbons (Fsp3) is 0.500. The molecule has 1 fully saturated rings. The van der Waals surface area contributed by atoms with E-state index in [0.717, 1.165) is 25.2 Å². The van der Waals surface area contributed by atoms with Gasteiger partial charge in [-0.15, -0.1) is 0 Å². The van der Waals surface area contributed by atoms with Crippen LogP contribution in [0.2, 0.25) is 0 Å². The highest BCUT2D eigenvalue weighted by Gasteiger charge is 2.45. The number of carbonyl (C=O) groups excluding carboxylic acids is 1. The SMILES string of the molecule is CC(=O)NC1(c2nc(C)no2)CCN(Cc2cccnc2C)C1. The van der Waals surface area contributed by atoms with Gasteiger partial charge in [-0.2, -0.15) is 4.98 Å². The highest BCUT2D eigenvalue weighted by Crippen LogP contribution is 2.32. The zero-order valence-electron chi connectivity index (χ0n) is 13.7. The lowest BCUT2D eigenvalue weighted by atomic mass is 9.98. The zero-order valence-corrected chi connectivity index (χ0v) is 13.7. The van der Waals surface area contributed by atoms with E-state index >= 15 is 0 Å². The van der Waals surface area contributed by atoms with Crippen LogP contribution in [0.4, 0.5) is 0 Å². The molecule has 1 aliphatic rings. The van der Waals surface area contributed by atoms with E-state index in [9.17, 15) is 4.79 Å². The Balaban J connectivity index is 1.81. The van der Waals surface area contributed by atoms with Crippen LogP contribution < -0.4 is 5.32 Å². The molecule has 3 rings (SSSR count). The number of hydrogen-bond donors (Lipinski definition) is 1. The first-order valence-electron chi connectivity index (χ1n) is 7.71. The molecule has 7 nitrogen and oxygen atoms in total. The van der Waals surface area contributed by atoms with Gasteiger partial charge in [-0.25, -0.2) is 0 Å². The summed E-state index contributed by atoms with van der Waals surface area (Å²) in [6.07, 6.45) is 2.54. The van der Waals surface area contributed by atoms with E-state index in [1.807, 2.05) is 13.0 Å². The highest BCUT2D eigenvalue weighted by atomic mass is 16.5. The first-order valence-corrected chi connectivity index (χ1v) is 7.71. The minimum atomic E-state index is -0.608. The Labute approximate surface area is 135 Å². The van der Waals surface area contributed by atoms with Crippen molar-refractivity contribution in [3.8, 4) is 0 Å². The molecule has 2 aromatic heterocycles. The lowest BCUT2D eigenvalue weighted by Crippen LogP contribution is -2.47. The topological polar surface area (TPSA) is 84.2 Å². The average molecular weight is 315 g/mol. The van der Waals surface area contributed by atoms with Gasteiger partial charge < -0.3 is 9.84 Å². The maximum absolute atomic E-state index is 11.7. The molecule has 2 aromatic rings. The summed E-state index contributed by atoms with van der Waals surface area (Å²) >= 11 is 0. The lowest BCUT2D eigenvalue weighted by Gasteiger charge is -2.26. The van der Waals surface area contributed by atoms with E-state index in [4.69, 9.17) is 4.52 Å². The quantitative estimate of drug-likeness (QED) is 0.916. The third-order valence-electron chi connectivity index (χ3n) is 4.21. The van der Waals surface area contributed by atoms with Gasteiger partial charge in [0.25, 0.3) is 5.89 Å². The Kier molecular flexibility index (Phi) is 4.12. The Morgan fingerprint density at radius 1 is 1.48 bits per heavy atom. The predicted molar refractivity (Wildman–Crippen MR) is 83.4 cm³/mol. The van der Waals surface area contributed by atoms with Crippen LogP contribution in [0.1, 0.15) is 36.3 Å². The molecule has 0 spiro atoms. The maximum Gasteiger partial charge on any atom is 0.253 e. The number of nitrogens with zero attached hydrogens (tertiary/aromatic N) is 4. The monoisotopic (exact) mass is 315 g/mol. The number of hydrogen-bond acceptors (Lipinski definition) is 6. The van der Waals surface area contributed by atoms with Crippen molar-refractivity contribution in [2.45, 2.75) is 39.3 Å². The minimum absolute atomic E-state index is 0.0970. The molecule has 0 aliphatic carbocycles. The van der Waals surface area contributed by atoms with Gasteiger partial charge in [-0.3, -0.25) is 14.7 Å². The molecule has 1 amide bonds.